The van der Waals surface area contributed by atoms with E-state index in [-0.39, 0.29) is 17.7 Å². The fourth-order valence-electron chi connectivity index (χ4n) is 2.35. The van der Waals surface area contributed by atoms with Crippen molar-refractivity contribution in [3.63, 3.8) is 0 Å². The number of nitriles is 1. The number of hydrogen-bond donors (Lipinski definition) is 1. The number of hydrogen-bond acceptors (Lipinski definition) is 3. The third-order valence-electron chi connectivity index (χ3n) is 3.64. The smallest absolute Gasteiger partial charge is 0.229 e. The van der Waals surface area contributed by atoms with Crippen molar-refractivity contribution in [2.45, 2.75) is 12.3 Å². The SMILES string of the molecule is N#Cc1ccc(NC(=O)[C@H]2C[C@H]2c2ccc(F)c(F)c2)nc1. The first-order valence-corrected chi connectivity index (χ1v) is 6.70. The summed E-state index contributed by atoms with van der Waals surface area (Å²) >= 11 is 0. The maximum atomic E-state index is 13.2. The van der Waals surface area contributed by atoms with Crippen molar-refractivity contribution in [2.75, 3.05) is 5.32 Å². The number of rotatable bonds is 3. The van der Waals surface area contributed by atoms with Gasteiger partial charge in [-0.3, -0.25) is 4.79 Å². The number of benzene rings is 1. The molecule has 2 atom stereocenters. The minimum atomic E-state index is -0.905. The van der Waals surface area contributed by atoms with Crippen molar-refractivity contribution >= 4 is 11.7 Å². The zero-order valence-corrected chi connectivity index (χ0v) is 11.4. The fraction of sp³-hybridized carbons (Fsp3) is 0.188. The van der Waals surface area contributed by atoms with E-state index in [4.69, 9.17) is 5.26 Å². The molecule has 110 valence electrons. The van der Waals surface area contributed by atoms with E-state index >= 15 is 0 Å². The molecule has 22 heavy (non-hydrogen) atoms. The first kappa shape index (κ1) is 14.1. The van der Waals surface area contributed by atoms with Crippen LogP contribution in [0.2, 0.25) is 0 Å². The summed E-state index contributed by atoms with van der Waals surface area (Å²) in [7, 11) is 0. The Morgan fingerprint density at radius 2 is 2.09 bits per heavy atom. The van der Waals surface area contributed by atoms with Crippen LogP contribution in [-0.4, -0.2) is 10.9 Å². The molecule has 1 fully saturated rings. The highest BCUT2D eigenvalue weighted by Crippen LogP contribution is 2.48. The van der Waals surface area contributed by atoms with Gasteiger partial charge >= 0.3 is 0 Å². The first-order valence-electron chi connectivity index (χ1n) is 6.70. The summed E-state index contributed by atoms with van der Waals surface area (Å²) in [5, 5.41) is 11.3. The third-order valence-corrected chi connectivity index (χ3v) is 3.64. The van der Waals surface area contributed by atoms with E-state index in [2.05, 4.69) is 10.3 Å². The lowest BCUT2D eigenvalue weighted by Gasteiger charge is -2.04. The van der Waals surface area contributed by atoms with E-state index in [0.29, 0.717) is 23.4 Å². The van der Waals surface area contributed by atoms with Gasteiger partial charge in [0.1, 0.15) is 11.9 Å². The Labute approximate surface area is 125 Å². The van der Waals surface area contributed by atoms with Gasteiger partial charge in [-0.05, 0) is 42.2 Å². The Kier molecular flexibility index (Phi) is 3.55. The molecule has 1 aromatic carbocycles. The molecule has 1 amide bonds. The number of aromatic nitrogens is 1. The van der Waals surface area contributed by atoms with Crippen LogP contribution in [0.4, 0.5) is 14.6 Å². The Morgan fingerprint density at radius 1 is 1.27 bits per heavy atom. The molecule has 6 heteroatoms. The number of carbonyl (C=O) groups is 1. The summed E-state index contributed by atoms with van der Waals surface area (Å²) in [6, 6.07) is 8.74. The highest BCUT2D eigenvalue weighted by Gasteiger charge is 2.44. The van der Waals surface area contributed by atoms with E-state index in [0.717, 1.165) is 12.1 Å². The summed E-state index contributed by atoms with van der Waals surface area (Å²) in [6.07, 6.45) is 1.96. The molecule has 1 aliphatic rings. The molecule has 0 radical (unpaired) electrons. The van der Waals surface area contributed by atoms with Gasteiger partial charge in [0.15, 0.2) is 11.6 Å². The molecule has 1 N–H and O–H groups in total. The number of halogens is 2. The van der Waals surface area contributed by atoms with Gasteiger partial charge in [-0.2, -0.15) is 5.26 Å². The van der Waals surface area contributed by atoms with Gasteiger partial charge in [0, 0.05) is 12.1 Å². The molecule has 0 saturated heterocycles. The Balaban J connectivity index is 1.64. The molecule has 0 bridgehead atoms. The number of nitrogens with one attached hydrogen (secondary N) is 1. The van der Waals surface area contributed by atoms with E-state index in [1.165, 1.54) is 12.3 Å². The van der Waals surface area contributed by atoms with E-state index in [1.54, 1.807) is 12.1 Å². The van der Waals surface area contributed by atoms with Crippen molar-refractivity contribution in [3.8, 4) is 6.07 Å². The molecular formula is C16H11F2N3O. The standard InChI is InChI=1S/C16H11F2N3O/c17-13-3-2-10(5-14(13)18)11-6-12(11)16(22)21-15-4-1-9(7-19)8-20-15/h1-5,8,11-12H,6H2,(H,20,21,22)/t11-,12-/m0/s1. The maximum Gasteiger partial charge on any atom is 0.229 e. The van der Waals surface area contributed by atoms with E-state index in [9.17, 15) is 13.6 Å². The lowest BCUT2D eigenvalue weighted by Crippen LogP contribution is -2.15. The van der Waals surface area contributed by atoms with Crippen LogP contribution in [0.3, 0.4) is 0 Å². The molecule has 1 saturated carbocycles. The van der Waals surface area contributed by atoms with Crippen LogP contribution in [0, 0.1) is 28.9 Å². The summed E-state index contributed by atoms with van der Waals surface area (Å²) in [6.45, 7) is 0. The number of anilines is 1. The monoisotopic (exact) mass is 299 g/mol. The minimum absolute atomic E-state index is 0.103. The molecule has 0 aliphatic heterocycles. The summed E-state index contributed by atoms with van der Waals surface area (Å²) < 4.78 is 26.1. The molecule has 1 aliphatic carbocycles. The molecule has 0 spiro atoms. The summed E-state index contributed by atoms with van der Waals surface area (Å²) in [4.78, 5) is 16.0. The molecule has 0 unspecified atom stereocenters. The number of amides is 1. The zero-order chi connectivity index (χ0) is 15.7. The number of carbonyl (C=O) groups excluding carboxylic acids is 1. The molecule has 4 nitrogen and oxygen atoms in total. The highest BCUT2D eigenvalue weighted by molar-refractivity contribution is 5.94. The summed E-state index contributed by atoms with van der Waals surface area (Å²) in [5.41, 5.74) is 1.02. The Morgan fingerprint density at radius 3 is 2.73 bits per heavy atom. The van der Waals surface area contributed by atoms with Crippen molar-refractivity contribution in [1.29, 1.82) is 5.26 Å². The molecule has 1 heterocycles. The molecule has 2 aromatic rings. The number of pyridine rings is 1. The second kappa shape index (κ2) is 5.53. The minimum Gasteiger partial charge on any atom is -0.310 e. The lowest BCUT2D eigenvalue weighted by molar-refractivity contribution is -0.117. The average Bonchev–Trinajstić information content (AvgIpc) is 3.31. The largest absolute Gasteiger partial charge is 0.310 e. The van der Waals surface area contributed by atoms with Gasteiger partial charge in [0.2, 0.25) is 5.91 Å². The van der Waals surface area contributed by atoms with Gasteiger partial charge in [-0.1, -0.05) is 6.07 Å². The molecule has 1 aromatic heterocycles. The van der Waals surface area contributed by atoms with Crippen LogP contribution >= 0.6 is 0 Å². The first-order chi connectivity index (χ1) is 10.6. The van der Waals surface area contributed by atoms with Crippen molar-refractivity contribution in [1.82, 2.24) is 4.98 Å². The predicted molar refractivity (Wildman–Crippen MR) is 74.8 cm³/mol. The van der Waals surface area contributed by atoms with E-state index < -0.39 is 11.6 Å². The van der Waals surface area contributed by atoms with Gasteiger partial charge in [-0.25, -0.2) is 13.8 Å². The van der Waals surface area contributed by atoms with Crippen LogP contribution in [0.1, 0.15) is 23.5 Å². The van der Waals surface area contributed by atoms with Gasteiger partial charge in [0.05, 0.1) is 5.56 Å². The molecule has 3 rings (SSSR count). The van der Waals surface area contributed by atoms with Gasteiger partial charge in [0.25, 0.3) is 0 Å². The fourth-order valence-corrected chi connectivity index (χ4v) is 2.35. The van der Waals surface area contributed by atoms with E-state index in [1.807, 2.05) is 6.07 Å². The summed E-state index contributed by atoms with van der Waals surface area (Å²) in [5.74, 6) is -2.04. The van der Waals surface area contributed by atoms with Crippen LogP contribution < -0.4 is 5.32 Å². The second-order valence-electron chi connectivity index (χ2n) is 5.16. The van der Waals surface area contributed by atoms with Crippen LogP contribution in [0.5, 0.6) is 0 Å². The topological polar surface area (TPSA) is 65.8 Å². The van der Waals surface area contributed by atoms with Gasteiger partial charge < -0.3 is 5.32 Å². The number of nitrogens with zero attached hydrogens (tertiary/aromatic N) is 2. The predicted octanol–water partition coefficient (Wildman–Crippen LogP) is 2.97. The average molecular weight is 299 g/mol. The maximum absolute atomic E-state index is 13.2. The third kappa shape index (κ3) is 2.79. The normalized spacial score (nSPS) is 19.3. The van der Waals surface area contributed by atoms with Crippen LogP contribution in [-0.2, 0) is 4.79 Å². The van der Waals surface area contributed by atoms with Crippen molar-refractivity contribution in [3.05, 3.63) is 59.3 Å². The highest BCUT2D eigenvalue weighted by atomic mass is 19.2. The Hall–Kier alpha value is -2.81. The zero-order valence-electron chi connectivity index (χ0n) is 11.4. The second-order valence-corrected chi connectivity index (χ2v) is 5.16. The quantitative estimate of drug-likeness (QED) is 0.947. The van der Waals surface area contributed by atoms with Crippen LogP contribution in [0.15, 0.2) is 36.5 Å². The Bertz CT molecular complexity index is 768. The lowest BCUT2D eigenvalue weighted by atomic mass is 10.1. The molecular weight excluding hydrogens is 288 g/mol. The van der Waals surface area contributed by atoms with Gasteiger partial charge in [-0.15, -0.1) is 0 Å². The van der Waals surface area contributed by atoms with Crippen molar-refractivity contribution in [2.24, 2.45) is 5.92 Å². The van der Waals surface area contributed by atoms with Crippen molar-refractivity contribution < 1.29 is 13.6 Å². The van der Waals surface area contributed by atoms with Crippen LogP contribution in [0.25, 0.3) is 0 Å².